The van der Waals surface area contributed by atoms with Gasteiger partial charge in [0.2, 0.25) is 0 Å². The van der Waals surface area contributed by atoms with Crippen molar-refractivity contribution in [3.05, 3.63) is 23.8 Å². The number of Topliss-reactive ketones (excluding diaryl/α,β-unsaturated/α-hetero) is 1. The van der Waals surface area contributed by atoms with Crippen LogP contribution in [0.3, 0.4) is 0 Å². The first-order valence-electron chi connectivity index (χ1n) is 3.24. The van der Waals surface area contributed by atoms with Gasteiger partial charge in [0, 0.05) is 12.0 Å². The van der Waals surface area contributed by atoms with E-state index < -0.39 is 0 Å². The van der Waals surface area contributed by atoms with Gasteiger partial charge in [0.1, 0.15) is 0 Å². The second-order valence-corrected chi connectivity index (χ2v) is 2.07. The Morgan fingerprint density at radius 3 is 3.00 bits per heavy atom. The van der Waals surface area contributed by atoms with Crippen molar-refractivity contribution in [2.75, 3.05) is 0 Å². The van der Waals surface area contributed by atoms with E-state index in [4.69, 9.17) is 0 Å². The van der Waals surface area contributed by atoms with Crippen LogP contribution in [0, 0.1) is 0 Å². The second kappa shape index (κ2) is 2.62. The molecule has 1 nitrogen and oxygen atoms in total. The summed E-state index contributed by atoms with van der Waals surface area (Å²) in [4.78, 5) is 10.9. The minimum atomic E-state index is 0.253. The van der Waals surface area contributed by atoms with Gasteiger partial charge in [-0.2, -0.15) is 0 Å². The Morgan fingerprint density at radius 1 is 1.78 bits per heavy atom. The topological polar surface area (TPSA) is 17.1 Å². The normalized spacial score (nSPS) is 15.9. The molecule has 0 atom stereocenters. The smallest absolute Gasteiger partial charge is 0.162 e. The number of rotatable bonds is 2. The van der Waals surface area contributed by atoms with E-state index in [0.29, 0.717) is 6.42 Å². The fourth-order valence-corrected chi connectivity index (χ4v) is 0.869. The van der Waals surface area contributed by atoms with E-state index in [9.17, 15) is 4.79 Å². The van der Waals surface area contributed by atoms with Gasteiger partial charge < -0.3 is 0 Å². The number of ketones is 1. The van der Waals surface area contributed by atoms with Crippen molar-refractivity contribution in [3.63, 3.8) is 0 Å². The summed E-state index contributed by atoms with van der Waals surface area (Å²) in [6, 6.07) is 0. The molecule has 0 N–H and O–H groups in total. The minimum Gasteiger partial charge on any atom is -0.294 e. The van der Waals surface area contributed by atoms with Crippen LogP contribution in [-0.2, 0) is 4.79 Å². The van der Waals surface area contributed by atoms with Crippen LogP contribution in [0.25, 0.3) is 0 Å². The van der Waals surface area contributed by atoms with Gasteiger partial charge in [0.05, 0.1) is 0 Å². The summed E-state index contributed by atoms with van der Waals surface area (Å²) in [7, 11) is 0. The molecule has 0 bridgehead atoms. The van der Waals surface area contributed by atoms with E-state index in [1.54, 1.807) is 0 Å². The summed E-state index contributed by atoms with van der Waals surface area (Å²) < 4.78 is 0. The van der Waals surface area contributed by atoms with Gasteiger partial charge in [-0.3, -0.25) is 4.79 Å². The summed E-state index contributed by atoms with van der Waals surface area (Å²) in [5.74, 6) is 0.253. The predicted octanol–water partition coefficient (Wildman–Crippen LogP) is 1.85. The third-order valence-electron chi connectivity index (χ3n) is 1.41. The molecule has 0 fully saturated rings. The molecular formula is C8H10O. The monoisotopic (exact) mass is 122 g/mol. The molecular weight excluding hydrogens is 112 g/mol. The molecule has 0 saturated carbocycles. The maximum absolute atomic E-state index is 10.9. The summed E-state index contributed by atoms with van der Waals surface area (Å²) in [5.41, 5.74) is 0.887. The summed E-state index contributed by atoms with van der Waals surface area (Å²) in [5, 5.41) is 0. The van der Waals surface area contributed by atoms with Crippen LogP contribution >= 0.6 is 0 Å². The van der Waals surface area contributed by atoms with Crippen LogP contribution in [-0.4, -0.2) is 5.78 Å². The zero-order valence-electron chi connectivity index (χ0n) is 5.55. The number of carbonyl (C=O) groups is 1. The van der Waals surface area contributed by atoms with Crippen molar-refractivity contribution in [1.82, 2.24) is 0 Å². The lowest BCUT2D eigenvalue weighted by Gasteiger charge is -1.90. The largest absolute Gasteiger partial charge is 0.294 e. The van der Waals surface area contributed by atoms with Crippen molar-refractivity contribution >= 4 is 5.78 Å². The lowest BCUT2D eigenvalue weighted by atomic mass is 10.1. The first-order valence-corrected chi connectivity index (χ1v) is 3.24. The minimum absolute atomic E-state index is 0.253. The van der Waals surface area contributed by atoms with E-state index in [0.717, 1.165) is 12.0 Å². The Balaban J connectivity index is 2.62. The van der Waals surface area contributed by atoms with Crippen molar-refractivity contribution in [1.29, 1.82) is 0 Å². The molecule has 9 heavy (non-hydrogen) atoms. The lowest BCUT2D eigenvalue weighted by molar-refractivity contribution is -0.114. The molecule has 0 heterocycles. The molecule has 0 aromatic carbocycles. The van der Waals surface area contributed by atoms with Gasteiger partial charge in [-0.25, -0.2) is 0 Å². The van der Waals surface area contributed by atoms with Crippen LogP contribution in [0.1, 0.15) is 19.8 Å². The van der Waals surface area contributed by atoms with Crippen LogP contribution in [0.5, 0.6) is 0 Å². The molecule has 0 saturated heterocycles. The standard InChI is InChI=1S/C8H10O/c1-2-8(9)7-5-3-4-6-7/h3,5-6H,2,4H2,1H3. The van der Waals surface area contributed by atoms with E-state index in [1.807, 2.05) is 25.2 Å². The highest BCUT2D eigenvalue weighted by Crippen LogP contribution is 2.10. The Labute approximate surface area is 55.1 Å². The fraction of sp³-hybridized carbons (Fsp3) is 0.375. The molecule has 0 radical (unpaired) electrons. The van der Waals surface area contributed by atoms with Crippen molar-refractivity contribution in [3.8, 4) is 0 Å². The Bertz CT molecular complexity index is 175. The number of hydrogen-bond acceptors (Lipinski definition) is 1. The molecule has 1 rings (SSSR count). The zero-order chi connectivity index (χ0) is 6.69. The Kier molecular flexibility index (Phi) is 1.83. The molecule has 0 aromatic rings. The predicted molar refractivity (Wildman–Crippen MR) is 37.1 cm³/mol. The van der Waals surface area contributed by atoms with Gasteiger partial charge in [0.15, 0.2) is 5.78 Å². The highest BCUT2D eigenvalue weighted by molar-refractivity contribution is 5.98. The van der Waals surface area contributed by atoms with E-state index >= 15 is 0 Å². The quantitative estimate of drug-likeness (QED) is 0.546. The molecule has 0 spiro atoms. The SMILES string of the molecule is CCC(=O)C1=CCC=C1. The van der Waals surface area contributed by atoms with Gasteiger partial charge >= 0.3 is 0 Å². The van der Waals surface area contributed by atoms with Crippen molar-refractivity contribution in [2.45, 2.75) is 19.8 Å². The lowest BCUT2D eigenvalue weighted by Crippen LogP contribution is -1.94. The van der Waals surface area contributed by atoms with Crippen molar-refractivity contribution in [2.24, 2.45) is 0 Å². The number of carbonyl (C=O) groups excluding carboxylic acids is 1. The van der Waals surface area contributed by atoms with Gasteiger partial charge in [0.25, 0.3) is 0 Å². The van der Waals surface area contributed by atoms with Crippen LogP contribution in [0.15, 0.2) is 23.8 Å². The molecule has 1 aliphatic rings. The highest BCUT2D eigenvalue weighted by Gasteiger charge is 2.04. The molecule has 1 aliphatic carbocycles. The number of allylic oxidation sites excluding steroid dienone is 4. The van der Waals surface area contributed by atoms with Crippen LogP contribution in [0.2, 0.25) is 0 Å². The molecule has 48 valence electrons. The van der Waals surface area contributed by atoms with Crippen LogP contribution < -0.4 is 0 Å². The van der Waals surface area contributed by atoms with Gasteiger partial charge in [-0.05, 0) is 6.42 Å². The first kappa shape index (κ1) is 6.27. The average Bonchev–Trinajstić information content (AvgIpc) is 2.37. The molecule has 1 heteroatoms. The summed E-state index contributed by atoms with van der Waals surface area (Å²) >= 11 is 0. The molecule has 0 aliphatic heterocycles. The number of hydrogen-bond donors (Lipinski definition) is 0. The van der Waals surface area contributed by atoms with Crippen LogP contribution in [0.4, 0.5) is 0 Å². The van der Waals surface area contributed by atoms with Gasteiger partial charge in [-0.15, -0.1) is 0 Å². The van der Waals surface area contributed by atoms with Gasteiger partial charge in [-0.1, -0.05) is 25.2 Å². The molecule has 0 unspecified atom stereocenters. The second-order valence-electron chi connectivity index (χ2n) is 2.07. The van der Waals surface area contributed by atoms with E-state index in [2.05, 4.69) is 0 Å². The van der Waals surface area contributed by atoms with E-state index in [-0.39, 0.29) is 5.78 Å². The first-order chi connectivity index (χ1) is 4.34. The Hall–Kier alpha value is -0.850. The average molecular weight is 122 g/mol. The highest BCUT2D eigenvalue weighted by atomic mass is 16.1. The fourth-order valence-electron chi connectivity index (χ4n) is 0.869. The third kappa shape index (κ3) is 1.28. The maximum Gasteiger partial charge on any atom is 0.162 e. The molecule has 0 amide bonds. The van der Waals surface area contributed by atoms with E-state index in [1.165, 1.54) is 0 Å². The zero-order valence-corrected chi connectivity index (χ0v) is 5.55. The maximum atomic E-state index is 10.9. The summed E-state index contributed by atoms with van der Waals surface area (Å²) in [6.07, 6.45) is 7.41. The summed E-state index contributed by atoms with van der Waals surface area (Å²) in [6.45, 7) is 1.88. The Morgan fingerprint density at radius 2 is 2.56 bits per heavy atom. The molecule has 0 aromatic heterocycles. The van der Waals surface area contributed by atoms with Crippen molar-refractivity contribution < 1.29 is 4.79 Å². The third-order valence-corrected chi connectivity index (χ3v) is 1.41.